The van der Waals surface area contributed by atoms with Crippen LogP contribution < -0.4 is 0 Å². The number of benzene rings is 1. The summed E-state index contributed by atoms with van der Waals surface area (Å²) in [6.45, 7) is 15.8. The molecule has 0 spiro atoms. The van der Waals surface area contributed by atoms with Crippen molar-refractivity contribution in [1.82, 2.24) is 0 Å². The van der Waals surface area contributed by atoms with E-state index in [2.05, 4.69) is 53.7 Å². The lowest BCUT2D eigenvalue weighted by Crippen LogP contribution is -2.00. The number of hydrogen-bond donors (Lipinski definition) is 1. The number of aromatic hydroxyl groups is 1. The molecule has 0 saturated heterocycles. The van der Waals surface area contributed by atoms with Crippen molar-refractivity contribution in [2.24, 2.45) is 17.8 Å². The van der Waals surface area contributed by atoms with E-state index < -0.39 is 0 Å². The van der Waals surface area contributed by atoms with Crippen molar-refractivity contribution in [3.63, 3.8) is 0 Å². The normalized spacial score (nSPS) is 14.4. The standard InChI is InChI=1S/C28H48O/c1-21(2)11-8-12-22(3)13-9-14-23(4)15-10-16-24(5)17-20-27-25(6)18-19-26(7)28(27)29/h17-19,21-23,29H,8-16,20H2,1-7H3. The summed E-state index contributed by atoms with van der Waals surface area (Å²) in [6, 6.07) is 4.11. The molecule has 1 nitrogen and oxygen atoms in total. The predicted octanol–water partition coefficient (Wildman–Crippen LogP) is 8.94. The highest BCUT2D eigenvalue weighted by Crippen LogP contribution is 2.27. The number of phenolic OH excluding ortho intramolecular Hbond substituents is 1. The van der Waals surface area contributed by atoms with E-state index in [0.29, 0.717) is 5.75 Å². The maximum absolute atomic E-state index is 10.3. The zero-order chi connectivity index (χ0) is 21.8. The molecule has 0 aliphatic heterocycles. The van der Waals surface area contributed by atoms with Crippen LogP contribution in [0.1, 0.15) is 109 Å². The van der Waals surface area contributed by atoms with Crippen molar-refractivity contribution < 1.29 is 5.11 Å². The third-order valence-corrected chi connectivity index (χ3v) is 6.51. The van der Waals surface area contributed by atoms with Gasteiger partial charge in [0.25, 0.3) is 0 Å². The lowest BCUT2D eigenvalue weighted by atomic mass is 9.91. The van der Waals surface area contributed by atoms with E-state index in [9.17, 15) is 5.11 Å². The molecule has 0 bridgehead atoms. The first-order valence-corrected chi connectivity index (χ1v) is 12.1. The fourth-order valence-electron chi connectivity index (χ4n) is 4.20. The molecule has 0 amide bonds. The van der Waals surface area contributed by atoms with Gasteiger partial charge in [-0.05, 0) is 68.9 Å². The highest BCUT2D eigenvalue weighted by molar-refractivity contribution is 5.45. The lowest BCUT2D eigenvalue weighted by Gasteiger charge is -2.15. The summed E-state index contributed by atoms with van der Waals surface area (Å²) in [6.07, 6.45) is 15.3. The van der Waals surface area contributed by atoms with Gasteiger partial charge in [0.05, 0.1) is 0 Å². The quantitative estimate of drug-likeness (QED) is 0.309. The van der Waals surface area contributed by atoms with Crippen molar-refractivity contribution in [3.8, 4) is 5.75 Å². The van der Waals surface area contributed by atoms with E-state index >= 15 is 0 Å². The van der Waals surface area contributed by atoms with Crippen LogP contribution in [0.4, 0.5) is 0 Å². The van der Waals surface area contributed by atoms with Crippen LogP contribution in [0, 0.1) is 31.6 Å². The molecule has 166 valence electrons. The Labute approximate surface area is 182 Å². The van der Waals surface area contributed by atoms with Crippen LogP contribution in [-0.4, -0.2) is 5.11 Å². The fraction of sp³-hybridized carbons (Fsp3) is 0.714. The minimum absolute atomic E-state index is 0.473. The molecule has 29 heavy (non-hydrogen) atoms. The van der Waals surface area contributed by atoms with Gasteiger partial charge in [-0.3, -0.25) is 0 Å². The summed E-state index contributed by atoms with van der Waals surface area (Å²) in [4.78, 5) is 0. The smallest absolute Gasteiger partial charge is 0.122 e. The van der Waals surface area contributed by atoms with Crippen LogP contribution in [0.2, 0.25) is 0 Å². The van der Waals surface area contributed by atoms with Gasteiger partial charge in [0.15, 0.2) is 0 Å². The van der Waals surface area contributed by atoms with E-state index in [1.165, 1.54) is 68.9 Å². The Bertz CT molecular complexity index is 611. The Morgan fingerprint density at radius 2 is 1.34 bits per heavy atom. The maximum atomic E-state index is 10.3. The Kier molecular flexibility index (Phi) is 12.4. The van der Waals surface area contributed by atoms with E-state index in [1.807, 2.05) is 13.0 Å². The van der Waals surface area contributed by atoms with Crippen LogP contribution in [0.3, 0.4) is 0 Å². The molecule has 0 fully saturated rings. The molecule has 1 N–H and O–H groups in total. The summed E-state index contributed by atoms with van der Waals surface area (Å²) in [7, 11) is 0. The molecular formula is C28H48O. The predicted molar refractivity (Wildman–Crippen MR) is 130 cm³/mol. The molecular weight excluding hydrogens is 352 g/mol. The lowest BCUT2D eigenvalue weighted by molar-refractivity contribution is 0.389. The number of phenols is 1. The van der Waals surface area contributed by atoms with E-state index in [0.717, 1.165) is 35.3 Å². The number of hydrogen-bond acceptors (Lipinski definition) is 1. The SMILES string of the molecule is CC(=CCc1c(C)ccc(C)c1O)CCCC(C)CCCC(C)CCCC(C)C. The highest BCUT2D eigenvalue weighted by atomic mass is 16.3. The minimum atomic E-state index is 0.473. The Balaban J connectivity index is 2.22. The van der Waals surface area contributed by atoms with Crippen molar-refractivity contribution in [2.75, 3.05) is 0 Å². The molecule has 1 aromatic rings. The largest absolute Gasteiger partial charge is 0.507 e. The van der Waals surface area contributed by atoms with Crippen molar-refractivity contribution >= 4 is 0 Å². The summed E-state index contributed by atoms with van der Waals surface area (Å²) >= 11 is 0. The van der Waals surface area contributed by atoms with E-state index in [4.69, 9.17) is 0 Å². The number of aryl methyl sites for hydroxylation is 2. The zero-order valence-corrected chi connectivity index (χ0v) is 20.5. The fourth-order valence-corrected chi connectivity index (χ4v) is 4.20. The van der Waals surface area contributed by atoms with Gasteiger partial charge in [-0.15, -0.1) is 0 Å². The average molecular weight is 401 g/mol. The summed E-state index contributed by atoms with van der Waals surface area (Å²) < 4.78 is 0. The second kappa shape index (κ2) is 13.9. The van der Waals surface area contributed by atoms with Gasteiger partial charge < -0.3 is 5.11 Å². The van der Waals surface area contributed by atoms with Gasteiger partial charge in [0.1, 0.15) is 5.75 Å². The third-order valence-electron chi connectivity index (χ3n) is 6.51. The van der Waals surface area contributed by atoms with Gasteiger partial charge in [0, 0.05) is 5.56 Å². The second-order valence-electron chi connectivity index (χ2n) is 10.1. The number of allylic oxidation sites excluding steroid dienone is 2. The molecule has 0 saturated carbocycles. The maximum Gasteiger partial charge on any atom is 0.122 e. The molecule has 0 heterocycles. The Hall–Kier alpha value is -1.24. The second-order valence-corrected chi connectivity index (χ2v) is 10.1. The van der Waals surface area contributed by atoms with Crippen LogP contribution in [0.5, 0.6) is 5.75 Å². The van der Waals surface area contributed by atoms with Crippen LogP contribution in [-0.2, 0) is 6.42 Å². The van der Waals surface area contributed by atoms with Gasteiger partial charge in [0.2, 0.25) is 0 Å². The van der Waals surface area contributed by atoms with Crippen molar-refractivity contribution in [1.29, 1.82) is 0 Å². The third kappa shape index (κ3) is 10.9. The first-order valence-electron chi connectivity index (χ1n) is 12.1. The molecule has 2 unspecified atom stereocenters. The van der Waals surface area contributed by atoms with E-state index in [-0.39, 0.29) is 0 Å². The summed E-state index contributed by atoms with van der Waals surface area (Å²) in [5.41, 5.74) is 4.69. The summed E-state index contributed by atoms with van der Waals surface area (Å²) in [5, 5.41) is 10.3. The van der Waals surface area contributed by atoms with Gasteiger partial charge in [-0.2, -0.15) is 0 Å². The minimum Gasteiger partial charge on any atom is -0.507 e. The van der Waals surface area contributed by atoms with Crippen LogP contribution >= 0.6 is 0 Å². The monoisotopic (exact) mass is 400 g/mol. The van der Waals surface area contributed by atoms with Gasteiger partial charge in [-0.25, -0.2) is 0 Å². The Morgan fingerprint density at radius 3 is 1.93 bits per heavy atom. The van der Waals surface area contributed by atoms with Crippen LogP contribution in [0.15, 0.2) is 23.8 Å². The molecule has 0 aliphatic carbocycles. The van der Waals surface area contributed by atoms with Gasteiger partial charge in [-0.1, -0.05) is 96.4 Å². The van der Waals surface area contributed by atoms with Crippen molar-refractivity contribution in [2.45, 2.75) is 113 Å². The first-order chi connectivity index (χ1) is 13.7. The van der Waals surface area contributed by atoms with E-state index in [1.54, 1.807) is 0 Å². The van der Waals surface area contributed by atoms with Crippen LogP contribution in [0.25, 0.3) is 0 Å². The van der Waals surface area contributed by atoms with Gasteiger partial charge >= 0.3 is 0 Å². The zero-order valence-electron chi connectivity index (χ0n) is 20.5. The molecule has 0 aromatic heterocycles. The Morgan fingerprint density at radius 1 is 0.828 bits per heavy atom. The molecule has 1 heteroatoms. The first kappa shape index (κ1) is 25.8. The number of rotatable bonds is 14. The molecule has 2 atom stereocenters. The molecule has 1 rings (SSSR count). The average Bonchev–Trinajstić information content (AvgIpc) is 2.64. The summed E-state index contributed by atoms with van der Waals surface area (Å²) in [5.74, 6) is 3.06. The topological polar surface area (TPSA) is 20.2 Å². The molecule has 1 aromatic carbocycles. The van der Waals surface area contributed by atoms with Crippen molar-refractivity contribution in [3.05, 3.63) is 40.5 Å². The highest BCUT2D eigenvalue weighted by Gasteiger charge is 2.08. The molecule has 0 radical (unpaired) electrons. The molecule has 0 aliphatic rings.